The highest BCUT2D eigenvalue weighted by molar-refractivity contribution is 5.75. The molecule has 0 bridgehead atoms. The zero-order chi connectivity index (χ0) is 9.40. The number of hydrogen-bond donors (Lipinski definition) is 1. The first-order valence-corrected chi connectivity index (χ1v) is 3.49. The molecule has 0 aromatic carbocycles. The van der Waals surface area contributed by atoms with E-state index in [1.165, 1.54) is 13.2 Å². The Labute approximate surface area is 72.4 Å². The molecule has 0 aliphatic heterocycles. The van der Waals surface area contributed by atoms with E-state index in [0.29, 0.717) is 5.70 Å². The minimum Gasteiger partial charge on any atom is -0.504 e. The third-order valence-corrected chi connectivity index (χ3v) is 0.960. The summed E-state index contributed by atoms with van der Waals surface area (Å²) in [6.07, 6.45) is 6.63. The zero-order valence-electron chi connectivity index (χ0n) is 7.33. The number of hydrogen-bond acceptors (Lipinski definition) is 2. The predicted octanol–water partition coefficient (Wildman–Crippen LogP) is 1.35. The van der Waals surface area contributed by atoms with Gasteiger partial charge in [-0.1, -0.05) is 12.7 Å². The van der Waals surface area contributed by atoms with E-state index in [9.17, 15) is 4.79 Å². The molecule has 0 rings (SSSR count). The molecule has 3 heteroatoms. The van der Waals surface area contributed by atoms with Crippen molar-refractivity contribution in [3.63, 3.8) is 0 Å². The van der Waals surface area contributed by atoms with Gasteiger partial charge in [0.25, 0.3) is 0 Å². The Hall–Kier alpha value is -1.51. The summed E-state index contributed by atoms with van der Waals surface area (Å²) in [7, 11) is 1.56. The second kappa shape index (κ2) is 6.22. The minimum atomic E-state index is -0.125. The molecule has 0 aliphatic rings. The number of ether oxygens (including phenoxy) is 1. The highest BCUT2D eigenvalue weighted by Gasteiger charge is 1.88. The molecule has 1 N–H and O–H groups in total. The van der Waals surface area contributed by atoms with Gasteiger partial charge >= 0.3 is 0 Å². The SMILES string of the molecule is C=C(/C=C\C=C\OC)NC(C)=O. The second-order valence-electron chi connectivity index (χ2n) is 2.13. The summed E-state index contributed by atoms with van der Waals surface area (Å²) in [5, 5.41) is 2.52. The first kappa shape index (κ1) is 10.5. The summed E-state index contributed by atoms with van der Waals surface area (Å²) < 4.78 is 4.66. The van der Waals surface area contributed by atoms with Gasteiger partial charge in [-0.15, -0.1) is 0 Å². The van der Waals surface area contributed by atoms with Gasteiger partial charge in [0.2, 0.25) is 5.91 Å². The molecule has 3 nitrogen and oxygen atoms in total. The third kappa shape index (κ3) is 6.61. The monoisotopic (exact) mass is 167 g/mol. The Balaban J connectivity index is 3.76. The van der Waals surface area contributed by atoms with Crippen molar-refractivity contribution < 1.29 is 9.53 Å². The van der Waals surface area contributed by atoms with Crippen LogP contribution in [0, 0.1) is 0 Å². The van der Waals surface area contributed by atoms with Gasteiger partial charge in [-0.05, 0) is 12.2 Å². The average Bonchev–Trinajstić information content (AvgIpc) is 1.97. The van der Waals surface area contributed by atoms with Gasteiger partial charge in [0.15, 0.2) is 0 Å². The zero-order valence-corrected chi connectivity index (χ0v) is 7.33. The summed E-state index contributed by atoms with van der Waals surface area (Å²) >= 11 is 0. The van der Waals surface area contributed by atoms with Crippen molar-refractivity contribution in [2.75, 3.05) is 7.11 Å². The number of allylic oxidation sites excluding steroid dienone is 3. The lowest BCUT2D eigenvalue weighted by Crippen LogP contribution is -2.16. The molecular weight excluding hydrogens is 154 g/mol. The first-order valence-electron chi connectivity index (χ1n) is 3.49. The Morgan fingerprint density at radius 3 is 2.67 bits per heavy atom. The molecule has 0 radical (unpaired) electrons. The van der Waals surface area contributed by atoms with Crippen LogP contribution in [0.1, 0.15) is 6.92 Å². The molecular formula is C9H13NO2. The van der Waals surface area contributed by atoms with Crippen molar-refractivity contribution in [1.29, 1.82) is 0 Å². The molecule has 12 heavy (non-hydrogen) atoms. The van der Waals surface area contributed by atoms with Crippen molar-refractivity contribution >= 4 is 5.91 Å². The van der Waals surface area contributed by atoms with Crippen molar-refractivity contribution in [3.05, 3.63) is 36.8 Å². The molecule has 0 spiro atoms. The van der Waals surface area contributed by atoms with E-state index >= 15 is 0 Å². The third-order valence-electron chi connectivity index (χ3n) is 0.960. The first-order chi connectivity index (χ1) is 5.66. The Morgan fingerprint density at radius 1 is 1.50 bits per heavy atom. The lowest BCUT2D eigenvalue weighted by molar-refractivity contribution is -0.118. The summed E-state index contributed by atoms with van der Waals surface area (Å²) in [5.74, 6) is -0.125. The topological polar surface area (TPSA) is 38.3 Å². The van der Waals surface area contributed by atoms with Crippen molar-refractivity contribution in [3.8, 4) is 0 Å². The van der Waals surface area contributed by atoms with Crippen LogP contribution >= 0.6 is 0 Å². The number of nitrogens with one attached hydrogen (secondary N) is 1. The number of amides is 1. The normalized spacial score (nSPS) is 10.5. The summed E-state index contributed by atoms with van der Waals surface area (Å²) in [4.78, 5) is 10.5. The van der Waals surface area contributed by atoms with Crippen LogP contribution in [0.4, 0.5) is 0 Å². The van der Waals surface area contributed by atoms with Crippen LogP contribution in [0.25, 0.3) is 0 Å². The van der Waals surface area contributed by atoms with Crippen LogP contribution < -0.4 is 5.32 Å². The average molecular weight is 167 g/mol. The molecule has 0 aromatic rings. The number of carbonyl (C=O) groups is 1. The maximum Gasteiger partial charge on any atom is 0.221 e. The van der Waals surface area contributed by atoms with Crippen LogP contribution in [0.15, 0.2) is 36.8 Å². The lowest BCUT2D eigenvalue weighted by Gasteiger charge is -1.97. The quantitative estimate of drug-likeness (QED) is 0.507. The number of methoxy groups -OCH3 is 1. The number of rotatable bonds is 4. The summed E-state index contributed by atoms with van der Waals surface area (Å²) in [6.45, 7) is 5.03. The molecule has 0 saturated heterocycles. The van der Waals surface area contributed by atoms with E-state index in [4.69, 9.17) is 0 Å². The summed E-state index contributed by atoms with van der Waals surface area (Å²) in [5.41, 5.74) is 0.559. The smallest absolute Gasteiger partial charge is 0.221 e. The fraction of sp³-hybridized carbons (Fsp3) is 0.222. The molecule has 66 valence electrons. The van der Waals surface area contributed by atoms with Crippen LogP contribution in [0.2, 0.25) is 0 Å². The molecule has 1 amide bonds. The van der Waals surface area contributed by atoms with E-state index in [-0.39, 0.29) is 5.91 Å². The highest BCUT2D eigenvalue weighted by Crippen LogP contribution is 1.87. The molecule has 0 aromatic heterocycles. The Kier molecular flexibility index (Phi) is 5.43. The van der Waals surface area contributed by atoms with Gasteiger partial charge in [-0.3, -0.25) is 4.79 Å². The molecule has 0 unspecified atom stereocenters. The summed E-state index contributed by atoms with van der Waals surface area (Å²) in [6, 6.07) is 0. The van der Waals surface area contributed by atoms with E-state index < -0.39 is 0 Å². The van der Waals surface area contributed by atoms with Gasteiger partial charge in [-0.2, -0.15) is 0 Å². The fourth-order valence-corrected chi connectivity index (χ4v) is 0.563. The van der Waals surface area contributed by atoms with Gasteiger partial charge in [0, 0.05) is 12.6 Å². The maximum atomic E-state index is 10.5. The molecule has 0 heterocycles. The van der Waals surface area contributed by atoms with Crippen molar-refractivity contribution in [2.45, 2.75) is 6.92 Å². The van der Waals surface area contributed by atoms with E-state index in [1.807, 2.05) is 0 Å². The predicted molar refractivity (Wildman–Crippen MR) is 48.2 cm³/mol. The van der Waals surface area contributed by atoms with Crippen molar-refractivity contribution in [1.82, 2.24) is 5.32 Å². The van der Waals surface area contributed by atoms with E-state index in [0.717, 1.165) is 0 Å². The minimum absolute atomic E-state index is 0.125. The lowest BCUT2D eigenvalue weighted by atomic mass is 10.4. The Bertz CT molecular complexity index is 217. The largest absolute Gasteiger partial charge is 0.504 e. The van der Waals surface area contributed by atoms with E-state index in [1.54, 1.807) is 25.3 Å². The Morgan fingerprint density at radius 2 is 2.17 bits per heavy atom. The van der Waals surface area contributed by atoms with Crippen LogP contribution in [-0.2, 0) is 9.53 Å². The van der Waals surface area contributed by atoms with Gasteiger partial charge in [0.1, 0.15) is 0 Å². The van der Waals surface area contributed by atoms with E-state index in [2.05, 4.69) is 16.6 Å². The molecule has 0 saturated carbocycles. The number of carbonyl (C=O) groups excluding carboxylic acids is 1. The van der Waals surface area contributed by atoms with Crippen LogP contribution in [0.3, 0.4) is 0 Å². The van der Waals surface area contributed by atoms with Crippen LogP contribution in [0.5, 0.6) is 0 Å². The van der Waals surface area contributed by atoms with Crippen LogP contribution in [-0.4, -0.2) is 13.0 Å². The molecule has 0 aliphatic carbocycles. The highest BCUT2D eigenvalue weighted by atomic mass is 16.5. The molecule has 0 atom stereocenters. The maximum absolute atomic E-state index is 10.5. The van der Waals surface area contributed by atoms with Gasteiger partial charge in [-0.25, -0.2) is 0 Å². The van der Waals surface area contributed by atoms with Crippen molar-refractivity contribution in [2.24, 2.45) is 0 Å². The van der Waals surface area contributed by atoms with Gasteiger partial charge < -0.3 is 10.1 Å². The molecule has 0 fully saturated rings. The second-order valence-corrected chi connectivity index (χ2v) is 2.13. The van der Waals surface area contributed by atoms with Gasteiger partial charge in [0.05, 0.1) is 13.4 Å². The fourth-order valence-electron chi connectivity index (χ4n) is 0.563. The standard InChI is InChI=1S/C9H13NO2/c1-8(10-9(2)11)6-4-5-7-12-3/h4-7H,1H2,2-3H3,(H,10,11)/b6-4-,7-5+.